The van der Waals surface area contributed by atoms with E-state index in [-0.39, 0.29) is 33.9 Å². The molecule has 35 heavy (non-hydrogen) atoms. The molecule has 3 N–H and O–H groups in total. The van der Waals surface area contributed by atoms with E-state index in [1.165, 1.54) is 41.3 Å². The molecule has 1 heterocycles. The standard InChI is InChI=1S/C25H26F2N4O4/c1-25(2,3)31(24(34)35)19(13-10-11-13)22-29-17-9-5-8-16(20(26)27)18(17)23(33)30(22)15-7-4-6-14(12-15)21(28)32/h4-9,12-13,19-20H,10-11H2,1-3H3,(H2,28,32)(H,34,35). The number of primary amides is 1. The minimum absolute atomic E-state index is 0.0509. The molecule has 2 aromatic carbocycles. The van der Waals surface area contributed by atoms with E-state index < -0.39 is 41.1 Å². The number of halogens is 2. The van der Waals surface area contributed by atoms with E-state index in [1.807, 2.05) is 0 Å². The molecule has 4 rings (SSSR count). The lowest BCUT2D eigenvalue weighted by Crippen LogP contribution is -2.49. The number of nitrogens with zero attached hydrogens (tertiary/aromatic N) is 3. The topological polar surface area (TPSA) is 119 Å². The summed E-state index contributed by atoms with van der Waals surface area (Å²) < 4.78 is 28.8. The van der Waals surface area contributed by atoms with Crippen molar-refractivity contribution < 1.29 is 23.5 Å². The number of nitrogens with two attached hydrogens (primary N) is 1. The van der Waals surface area contributed by atoms with Gasteiger partial charge in [0.15, 0.2) is 0 Å². The highest BCUT2D eigenvalue weighted by Crippen LogP contribution is 2.47. The van der Waals surface area contributed by atoms with Crippen molar-refractivity contribution in [3.63, 3.8) is 0 Å². The largest absolute Gasteiger partial charge is 0.465 e. The summed E-state index contributed by atoms with van der Waals surface area (Å²) in [5.74, 6) is -0.738. The molecular formula is C25H26F2N4O4. The summed E-state index contributed by atoms with van der Waals surface area (Å²) in [7, 11) is 0. The second kappa shape index (κ2) is 8.75. The van der Waals surface area contributed by atoms with E-state index in [4.69, 9.17) is 5.73 Å². The number of carbonyl (C=O) groups is 2. The molecule has 0 spiro atoms. The summed E-state index contributed by atoms with van der Waals surface area (Å²) in [5.41, 5.74) is 3.68. The van der Waals surface area contributed by atoms with Gasteiger partial charge in [0.2, 0.25) is 5.91 Å². The van der Waals surface area contributed by atoms with Crippen LogP contribution >= 0.6 is 0 Å². The van der Waals surface area contributed by atoms with Gasteiger partial charge in [0, 0.05) is 16.7 Å². The third-order valence-corrected chi connectivity index (χ3v) is 6.12. The van der Waals surface area contributed by atoms with E-state index in [2.05, 4.69) is 4.98 Å². The SMILES string of the molecule is CC(C)(C)N(C(=O)O)C(c1nc2cccc(C(F)F)c2c(=O)n1-c1cccc(C(N)=O)c1)C1CC1. The molecule has 1 aliphatic rings. The molecule has 0 saturated heterocycles. The van der Waals surface area contributed by atoms with E-state index in [0.29, 0.717) is 0 Å². The zero-order valence-corrected chi connectivity index (χ0v) is 19.5. The van der Waals surface area contributed by atoms with Gasteiger partial charge in [-0.15, -0.1) is 0 Å². The van der Waals surface area contributed by atoms with Gasteiger partial charge < -0.3 is 10.8 Å². The van der Waals surface area contributed by atoms with Crippen LogP contribution < -0.4 is 11.3 Å². The van der Waals surface area contributed by atoms with E-state index >= 15 is 0 Å². The Morgan fingerprint density at radius 3 is 2.37 bits per heavy atom. The Balaban J connectivity index is 2.13. The predicted octanol–water partition coefficient (Wildman–Crippen LogP) is 4.65. The zero-order valence-electron chi connectivity index (χ0n) is 19.5. The Labute approximate surface area is 200 Å². The van der Waals surface area contributed by atoms with Crippen LogP contribution in [0.2, 0.25) is 0 Å². The molecule has 184 valence electrons. The molecule has 3 aromatic rings. The Kier molecular flexibility index (Phi) is 6.08. The Bertz CT molecular complexity index is 1380. The lowest BCUT2D eigenvalue weighted by molar-refractivity contribution is 0.0581. The number of rotatable bonds is 6. The number of benzene rings is 2. The Morgan fingerprint density at radius 1 is 1.17 bits per heavy atom. The average molecular weight is 485 g/mol. The van der Waals surface area contributed by atoms with Gasteiger partial charge in [0.1, 0.15) is 5.82 Å². The number of amides is 2. The zero-order chi connectivity index (χ0) is 25.7. The number of hydrogen-bond donors (Lipinski definition) is 2. The van der Waals surface area contributed by atoms with Crippen molar-refractivity contribution in [1.29, 1.82) is 0 Å². The molecular weight excluding hydrogens is 458 g/mol. The van der Waals surface area contributed by atoms with Crippen molar-refractivity contribution in [2.75, 3.05) is 0 Å². The van der Waals surface area contributed by atoms with Crippen LogP contribution in [0.1, 0.15) is 67.8 Å². The number of aromatic nitrogens is 2. The molecule has 1 aliphatic carbocycles. The maximum atomic E-state index is 13.9. The first-order valence-electron chi connectivity index (χ1n) is 11.2. The van der Waals surface area contributed by atoms with Crippen LogP contribution in [0, 0.1) is 5.92 Å². The first kappa shape index (κ1) is 24.3. The number of carboxylic acid groups (broad SMARTS) is 1. The third kappa shape index (κ3) is 4.48. The van der Waals surface area contributed by atoms with Crippen molar-refractivity contribution in [1.82, 2.24) is 14.5 Å². The summed E-state index contributed by atoms with van der Waals surface area (Å²) in [6.07, 6.45) is -2.68. The van der Waals surface area contributed by atoms with Gasteiger partial charge in [-0.1, -0.05) is 18.2 Å². The highest BCUT2D eigenvalue weighted by atomic mass is 19.3. The third-order valence-electron chi connectivity index (χ3n) is 6.12. The van der Waals surface area contributed by atoms with Gasteiger partial charge in [0.05, 0.1) is 22.6 Å². The van der Waals surface area contributed by atoms with Crippen LogP contribution in [0.5, 0.6) is 0 Å². The lowest BCUT2D eigenvalue weighted by atomic mass is 9.99. The summed E-state index contributed by atoms with van der Waals surface area (Å²) in [6, 6.07) is 9.08. The fourth-order valence-corrected chi connectivity index (χ4v) is 4.47. The second-order valence-electron chi connectivity index (χ2n) is 9.67. The Hall–Kier alpha value is -3.82. The minimum Gasteiger partial charge on any atom is -0.465 e. The molecule has 0 radical (unpaired) electrons. The van der Waals surface area contributed by atoms with Gasteiger partial charge in [-0.2, -0.15) is 0 Å². The first-order valence-corrected chi connectivity index (χ1v) is 11.2. The molecule has 1 aromatic heterocycles. The van der Waals surface area contributed by atoms with E-state index in [9.17, 15) is 28.3 Å². The fourth-order valence-electron chi connectivity index (χ4n) is 4.47. The lowest BCUT2D eigenvalue weighted by Gasteiger charge is -2.40. The summed E-state index contributed by atoms with van der Waals surface area (Å²) in [5, 5.41) is 9.88. The molecule has 1 atom stereocenters. The first-order chi connectivity index (χ1) is 16.4. The minimum atomic E-state index is -2.92. The van der Waals surface area contributed by atoms with Crippen LogP contribution in [0.15, 0.2) is 47.3 Å². The van der Waals surface area contributed by atoms with Crippen molar-refractivity contribution >= 4 is 22.9 Å². The summed E-state index contributed by atoms with van der Waals surface area (Å²) in [6.45, 7) is 5.22. The Morgan fingerprint density at radius 2 is 1.83 bits per heavy atom. The van der Waals surface area contributed by atoms with Gasteiger partial charge in [0.25, 0.3) is 12.0 Å². The van der Waals surface area contributed by atoms with Crippen LogP contribution in [0.3, 0.4) is 0 Å². The number of alkyl halides is 2. The molecule has 10 heteroatoms. The van der Waals surface area contributed by atoms with Crippen LogP contribution in [0.25, 0.3) is 16.6 Å². The molecule has 1 fully saturated rings. The number of fused-ring (bicyclic) bond motifs is 1. The molecule has 1 unspecified atom stereocenters. The van der Waals surface area contributed by atoms with Crippen molar-refractivity contribution in [3.05, 3.63) is 69.8 Å². The predicted molar refractivity (Wildman–Crippen MR) is 126 cm³/mol. The molecule has 2 amide bonds. The van der Waals surface area contributed by atoms with E-state index in [1.54, 1.807) is 20.8 Å². The number of carbonyl (C=O) groups excluding carboxylic acids is 1. The van der Waals surface area contributed by atoms with Crippen molar-refractivity contribution in [3.8, 4) is 5.69 Å². The van der Waals surface area contributed by atoms with Crippen LogP contribution in [-0.4, -0.2) is 37.1 Å². The van der Waals surface area contributed by atoms with Crippen LogP contribution in [0.4, 0.5) is 13.6 Å². The summed E-state index contributed by atoms with van der Waals surface area (Å²) in [4.78, 5) is 44.0. The van der Waals surface area contributed by atoms with Crippen molar-refractivity contribution in [2.45, 2.75) is 51.6 Å². The highest BCUT2D eigenvalue weighted by Gasteiger charge is 2.45. The summed E-state index contributed by atoms with van der Waals surface area (Å²) >= 11 is 0. The average Bonchev–Trinajstić information content (AvgIpc) is 3.60. The smallest absolute Gasteiger partial charge is 0.408 e. The van der Waals surface area contributed by atoms with Crippen LogP contribution in [-0.2, 0) is 0 Å². The highest BCUT2D eigenvalue weighted by molar-refractivity contribution is 5.93. The van der Waals surface area contributed by atoms with Crippen molar-refractivity contribution in [2.24, 2.45) is 11.7 Å². The second-order valence-corrected chi connectivity index (χ2v) is 9.67. The van der Waals surface area contributed by atoms with Gasteiger partial charge in [-0.25, -0.2) is 18.6 Å². The normalized spacial score (nSPS) is 14.8. The van der Waals surface area contributed by atoms with Gasteiger partial charge in [-0.05, 0) is 63.8 Å². The monoisotopic (exact) mass is 484 g/mol. The molecule has 1 saturated carbocycles. The molecule has 0 aliphatic heterocycles. The van der Waals surface area contributed by atoms with Gasteiger partial charge in [-0.3, -0.25) is 19.1 Å². The quantitative estimate of drug-likeness (QED) is 0.528. The van der Waals surface area contributed by atoms with E-state index in [0.717, 1.165) is 23.5 Å². The number of hydrogen-bond acceptors (Lipinski definition) is 4. The molecule has 0 bridgehead atoms. The molecule has 8 nitrogen and oxygen atoms in total. The maximum absolute atomic E-state index is 13.9. The fraction of sp³-hybridized carbons (Fsp3) is 0.360. The maximum Gasteiger partial charge on any atom is 0.408 e. The van der Waals surface area contributed by atoms with Gasteiger partial charge >= 0.3 is 6.09 Å².